The van der Waals surface area contributed by atoms with Crippen molar-refractivity contribution in [2.45, 2.75) is 13.5 Å². The zero-order valence-corrected chi connectivity index (χ0v) is 15.8. The Morgan fingerprint density at radius 1 is 1.27 bits per heavy atom. The number of terminal acetylenes is 1. The van der Waals surface area contributed by atoms with Crippen LogP contribution in [0.4, 0.5) is 5.69 Å². The van der Waals surface area contributed by atoms with Gasteiger partial charge in [0.25, 0.3) is 0 Å². The minimum Gasteiger partial charge on any atom is -0.479 e. The van der Waals surface area contributed by atoms with Crippen molar-refractivity contribution in [2.75, 3.05) is 11.9 Å². The van der Waals surface area contributed by atoms with Gasteiger partial charge >= 0.3 is 0 Å². The summed E-state index contributed by atoms with van der Waals surface area (Å²) in [5.74, 6) is 3.22. The minimum absolute atomic E-state index is 0.226. The zero-order chi connectivity index (χ0) is 16.1. The maximum Gasteiger partial charge on any atom is 0.148 e. The molecule has 0 saturated heterocycles. The molecule has 0 fully saturated rings. The first-order valence-corrected chi connectivity index (χ1v) is 8.52. The minimum atomic E-state index is 0.226. The van der Waals surface area contributed by atoms with Gasteiger partial charge in [-0.05, 0) is 52.7 Å². The largest absolute Gasteiger partial charge is 0.479 e. The molecule has 0 bridgehead atoms. The molecule has 0 saturated carbocycles. The maximum atomic E-state index is 6.14. The van der Waals surface area contributed by atoms with Gasteiger partial charge in [-0.3, -0.25) is 0 Å². The third-order valence-electron chi connectivity index (χ3n) is 3.04. The van der Waals surface area contributed by atoms with Crippen molar-refractivity contribution in [2.24, 2.45) is 0 Å². The topological polar surface area (TPSA) is 21.3 Å². The van der Waals surface area contributed by atoms with Crippen LogP contribution in [0.1, 0.15) is 11.1 Å². The zero-order valence-electron chi connectivity index (χ0n) is 11.9. The van der Waals surface area contributed by atoms with Crippen molar-refractivity contribution in [3.8, 4) is 18.1 Å². The number of benzene rings is 2. The number of halogens is 3. The molecular weight excluding hydrogens is 429 g/mol. The lowest BCUT2D eigenvalue weighted by Crippen LogP contribution is -2.04. The second-order valence-corrected chi connectivity index (χ2v) is 6.86. The molecule has 0 amide bonds. The Kier molecular flexibility index (Phi) is 6.19. The van der Waals surface area contributed by atoms with Gasteiger partial charge in [0.05, 0.1) is 4.47 Å². The fourth-order valence-corrected chi connectivity index (χ4v) is 3.53. The van der Waals surface area contributed by atoms with Crippen LogP contribution in [0.2, 0.25) is 5.02 Å². The van der Waals surface area contributed by atoms with Gasteiger partial charge in [-0.1, -0.05) is 39.5 Å². The van der Waals surface area contributed by atoms with E-state index in [1.165, 1.54) is 0 Å². The summed E-state index contributed by atoms with van der Waals surface area (Å²) in [5.41, 5.74) is 3.00. The van der Waals surface area contributed by atoms with Crippen molar-refractivity contribution < 1.29 is 4.74 Å². The number of ether oxygens (including phenoxy) is 1. The molecule has 2 nitrogen and oxygen atoms in total. The number of anilines is 1. The van der Waals surface area contributed by atoms with Gasteiger partial charge in [0.1, 0.15) is 12.4 Å². The van der Waals surface area contributed by atoms with Crippen molar-refractivity contribution >= 4 is 49.1 Å². The first kappa shape index (κ1) is 17.2. The van der Waals surface area contributed by atoms with E-state index in [1.807, 2.05) is 37.3 Å². The highest BCUT2D eigenvalue weighted by atomic mass is 79.9. The fourth-order valence-electron chi connectivity index (χ4n) is 1.92. The van der Waals surface area contributed by atoms with Gasteiger partial charge in [-0.15, -0.1) is 6.42 Å². The van der Waals surface area contributed by atoms with Crippen LogP contribution < -0.4 is 10.1 Å². The van der Waals surface area contributed by atoms with Gasteiger partial charge in [-0.2, -0.15) is 0 Å². The molecule has 22 heavy (non-hydrogen) atoms. The molecule has 2 aromatic carbocycles. The van der Waals surface area contributed by atoms with Crippen LogP contribution in [0, 0.1) is 19.3 Å². The number of aryl methyl sites for hydroxylation is 1. The Bertz CT molecular complexity index is 725. The molecule has 0 aliphatic carbocycles. The molecule has 2 rings (SSSR count). The summed E-state index contributed by atoms with van der Waals surface area (Å²) < 4.78 is 7.45. The fraction of sp³-hybridized carbons (Fsp3) is 0.176. The van der Waals surface area contributed by atoms with E-state index in [0.717, 1.165) is 36.5 Å². The summed E-state index contributed by atoms with van der Waals surface area (Å²) in [6.07, 6.45) is 5.27. The standard InChI is InChI=1S/C17H14Br2ClNO/c1-3-6-22-17-12(7-13(18)8-15(17)19)10-21-14-5-4-11(2)16(20)9-14/h1,4-5,7-9,21H,6,10H2,2H3. The van der Waals surface area contributed by atoms with Crippen LogP contribution in [-0.4, -0.2) is 6.61 Å². The molecule has 0 aliphatic rings. The second-order valence-electron chi connectivity index (χ2n) is 4.69. The first-order chi connectivity index (χ1) is 10.5. The lowest BCUT2D eigenvalue weighted by Gasteiger charge is -2.14. The normalized spacial score (nSPS) is 10.1. The lowest BCUT2D eigenvalue weighted by atomic mass is 10.2. The molecule has 2 aromatic rings. The molecule has 114 valence electrons. The summed E-state index contributed by atoms with van der Waals surface area (Å²) in [6.45, 7) is 2.80. The summed E-state index contributed by atoms with van der Waals surface area (Å²) >= 11 is 13.1. The number of nitrogens with one attached hydrogen (secondary N) is 1. The van der Waals surface area contributed by atoms with Crippen molar-refractivity contribution in [1.82, 2.24) is 0 Å². The molecule has 0 aliphatic heterocycles. The van der Waals surface area contributed by atoms with Gasteiger partial charge in [-0.25, -0.2) is 0 Å². The molecule has 5 heteroatoms. The highest BCUT2D eigenvalue weighted by Crippen LogP contribution is 2.33. The van der Waals surface area contributed by atoms with E-state index in [2.05, 4.69) is 43.1 Å². The highest BCUT2D eigenvalue weighted by molar-refractivity contribution is 9.11. The van der Waals surface area contributed by atoms with Crippen molar-refractivity contribution in [3.63, 3.8) is 0 Å². The van der Waals surface area contributed by atoms with Crippen LogP contribution in [0.5, 0.6) is 5.75 Å². The summed E-state index contributed by atoms with van der Waals surface area (Å²) in [5, 5.41) is 4.08. The monoisotopic (exact) mass is 441 g/mol. The number of rotatable bonds is 5. The molecule has 0 aromatic heterocycles. The Balaban J connectivity index is 2.20. The van der Waals surface area contributed by atoms with Gasteiger partial charge in [0.15, 0.2) is 0 Å². The van der Waals surface area contributed by atoms with E-state index >= 15 is 0 Å². The van der Waals surface area contributed by atoms with Gasteiger partial charge < -0.3 is 10.1 Å². The maximum absolute atomic E-state index is 6.14. The molecule has 0 spiro atoms. The summed E-state index contributed by atoms with van der Waals surface area (Å²) in [7, 11) is 0. The third kappa shape index (κ3) is 4.42. The quantitative estimate of drug-likeness (QED) is 0.590. The second kappa shape index (κ2) is 7.92. The van der Waals surface area contributed by atoms with Crippen LogP contribution in [-0.2, 0) is 6.54 Å². The van der Waals surface area contributed by atoms with Crippen LogP contribution in [0.25, 0.3) is 0 Å². The predicted octanol–water partition coefficient (Wildman–Crippen LogP) is 5.80. The van der Waals surface area contributed by atoms with E-state index in [9.17, 15) is 0 Å². The number of hydrogen-bond acceptors (Lipinski definition) is 2. The summed E-state index contributed by atoms with van der Waals surface area (Å²) in [6, 6.07) is 9.82. The molecular formula is C17H14Br2ClNO. The van der Waals surface area contributed by atoms with Crippen LogP contribution in [0.3, 0.4) is 0 Å². The van der Waals surface area contributed by atoms with Crippen LogP contribution >= 0.6 is 43.5 Å². The van der Waals surface area contributed by atoms with Gasteiger partial charge in [0, 0.05) is 27.3 Å². The number of hydrogen-bond donors (Lipinski definition) is 1. The van der Waals surface area contributed by atoms with E-state index in [-0.39, 0.29) is 6.61 Å². The average molecular weight is 444 g/mol. The molecule has 1 N–H and O–H groups in total. The third-order valence-corrected chi connectivity index (χ3v) is 4.49. The SMILES string of the molecule is C#CCOc1c(Br)cc(Br)cc1CNc1ccc(C)c(Cl)c1. The smallest absolute Gasteiger partial charge is 0.148 e. The Morgan fingerprint density at radius 3 is 2.73 bits per heavy atom. The Morgan fingerprint density at radius 2 is 2.05 bits per heavy atom. The average Bonchev–Trinajstić information content (AvgIpc) is 2.47. The molecule has 0 atom stereocenters. The van der Waals surface area contributed by atoms with E-state index in [1.54, 1.807) is 0 Å². The molecule has 0 unspecified atom stereocenters. The molecule has 0 radical (unpaired) electrons. The van der Waals surface area contributed by atoms with Crippen molar-refractivity contribution in [1.29, 1.82) is 0 Å². The lowest BCUT2D eigenvalue weighted by molar-refractivity contribution is 0.364. The van der Waals surface area contributed by atoms with E-state index in [4.69, 9.17) is 22.8 Å². The van der Waals surface area contributed by atoms with Crippen LogP contribution in [0.15, 0.2) is 39.3 Å². The van der Waals surface area contributed by atoms with Gasteiger partial charge in [0.2, 0.25) is 0 Å². The first-order valence-electron chi connectivity index (χ1n) is 6.55. The predicted molar refractivity (Wildman–Crippen MR) is 99.7 cm³/mol. The van der Waals surface area contributed by atoms with Crippen molar-refractivity contribution in [3.05, 3.63) is 55.4 Å². The van der Waals surface area contributed by atoms with E-state index in [0.29, 0.717) is 6.54 Å². The molecule has 0 heterocycles. The Hall–Kier alpha value is -1.15. The van der Waals surface area contributed by atoms with E-state index < -0.39 is 0 Å². The Labute approximate surface area is 152 Å². The highest BCUT2D eigenvalue weighted by Gasteiger charge is 2.10. The summed E-state index contributed by atoms with van der Waals surface area (Å²) in [4.78, 5) is 0.